The molecule has 0 aromatic rings. The van der Waals surface area contributed by atoms with E-state index < -0.39 is 0 Å². The molecule has 0 aliphatic rings. The lowest BCUT2D eigenvalue weighted by atomic mass is 9.96. The molecule has 0 fully saturated rings. The van der Waals surface area contributed by atoms with E-state index in [4.69, 9.17) is 9.47 Å². The number of hydrogen-bond donors (Lipinski definition) is 1. The number of carbonyl (C=O) groups excluding carboxylic acids is 2. The Kier molecular flexibility index (Phi) is 47.5. The van der Waals surface area contributed by atoms with Crippen molar-refractivity contribution in [1.29, 1.82) is 0 Å². The lowest BCUT2D eigenvalue weighted by Crippen LogP contribution is -3.05. The van der Waals surface area contributed by atoms with E-state index in [9.17, 15) is 9.59 Å². The molecule has 2 unspecified atom stereocenters. The second-order valence-electron chi connectivity index (χ2n) is 14.5. The molecule has 0 saturated carbocycles. The third-order valence-electron chi connectivity index (χ3n) is 8.87. The molecule has 0 aromatic heterocycles. The normalized spacial score (nSPS) is 12.0. The fourth-order valence-electron chi connectivity index (χ4n) is 5.69. The number of esters is 2. The van der Waals surface area contributed by atoms with Crippen molar-refractivity contribution in [3.63, 3.8) is 0 Å². The molecule has 48 heavy (non-hydrogen) atoms. The van der Waals surface area contributed by atoms with Crippen molar-refractivity contribution >= 4 is 11.9 Å². The molecule has 7 heteroatoms. The maximum Gasteiger partial charge on any atom is 0.305 e. The van der Waals surface area contributed by atoms with Crippen molar-refractivity contribution < 1.29 is 36.4 Å². The summed E-state index contributed by atoms with van der Waals surface area (Å²) in [5.41, 5.74) is 0. The number of unbranched alkanes of at least 4 members (excludes halogenated alkanes) is 12. The van der Waals surface area contributed by atoms with Crippen LogP contribution in [0.3, 0.4) is 0 Å². The first kappa shape index (κ1) is 53.9. The topological polar surface area (TPSA) is 60.3 Å². The highest BCUT2D eigenvalue weighted by Crippen LogP contribution is 2.19. The standard InChI is InChI=1S/2C20H41NO2.CH4.ClH/c2*1-5-7-9-11-15-19(14-8-6-2)18-23-20(22)16-12-10-13-17-21(3)4;;/h2*19H,5-18H2,1-4H3;1H4;1H. The molecule has 0 aromatic carbocycles. The molecule has 0 rings (SSSR count). The number of hydrogen-bond acceptors (Lipinski definition) is 5. The van der Waals surface area contributed by atoms with Crippen molar-refractivity contribution in [2.24, 2.45) is 11.8 Å². The average Bonchev–Trinajstić information content (AvgIpc) is 3.02. The Balaban J connectivity index is -0.000000387. The minimum absolute atomic E-state index is 0. The largest absolute Gasteiger partial charge is 1.00 e. The van der Waals surface area contributed by atoms with Crippen molar-refractivity contribution in [2.45, 2.75) is 189 Å². The molecule has 6 nitrogen and oxygen atoms in total. The van der Waals surface area contributed by atoms with Crippen molar-refractivity contribution in [3.8, 4) is 0 Å². The van der Waals surface area contributed by atoms with Crippen molar-refractivity contribution in [2.75, 3.05) is 54.5 Å². The van der Waals surface area contributed by atoms with E-state index >= 15 is 0 Å². The second-order valence-corrected chi connectivity index (χ2v) is 14.5. The average molecular weight is 708 g/mol. The summed E-state index contributed by atoms with van der Waals surface area (Å²) in [7, 11) is 8.52. The van der Waals surface area contributed by atoms with Crippen LogP contribution in [0.15, 0.2) is 0 Å². The van der Waals surface area contributed by atoms with Crippen LogP contribution in [0.1, 0.15) is 189 Å². The Labute approximate surface area is 308 Å². The van der Waals surface area contributed by atoms with E-state index in [1.54, 1.807) is 0 Å². The summed E-state index contributed by atoms with van der Waals surface area (Å²) in [5.74, 6) is 1.17. The minimum atomic E-state index is 0. The van der Waals surface area contributed by atoms with Crippen LogP contribution in [0.5, 0.6) is 0 Å². The number of carbonyl (C=O) groups is 2. The van der Waals surface area contributed by atoms with Gasteiger partial charge in [0.2, 0.25) is 0 Å². The molecule has 292 valence electrons. The molecular formula is C41H87ClN2O4. The lowest BCUT2D eigenvalue weighted by molar-refractivity contribution is -0.858. The number of quaternary nitrogens is 1. The molecule has 0 aliphatic heterocycles. The van der Waals surface area contributed by atoms with Crippen LogP contribution in [-0.4, -0.2) is 71.3 Å². The number of nitrogens with one attached hydrogen (secondary N) is 1. The van der Waals surface area contributed by atoms with Gasteiger partial charge in [-0.3, -0.25) is 9.59 Å². The number of ether oxygens (including phenoxy) is 2. The monoisotopic (exact) mass is 707 g/mol. The molecule has 0 bridgehead atoms. The van der Waals surface area contributed by atoms with Gasteiger partial charge in [-0.05, 0) is 90.3 Å². The lowest BCUT2D eigenvalue weighted by Gasteiger charge is -2.17. The van der Waals surface area contributed by atoms with E-state index in [1.165, 1.54) is 121 Å². The SMILES string of the molecule is C.CCCCCCC(CCCC)COC(=O)CCCCCN(C)C.CCCCCCC(CCCC)COC(=O)CCCCC[NH+](C)C.[Cl-]. The maximum atomic E-state index is 11.9. The summed E-state index contributed by atoms with van der Waals surface area (Å²) in [6, 6.07) is 0. The van der Waals surface area contributed by atoms with Crippen LogP contribution in [0.4, 0.5) is 0 Å². The minimum Gasteiger partial charge on any atom is -1.00 e. The Morgan fingerprint density at radius 2 is 0.917 bits per heavy atom. The van der Waals surface area contributed by atoms with Gasteiger partial charge in [0.05, 0.1) is 33.9 Å². The number of rotatable bonds is 32. The molecule has 0 amide bonds. The zero-order valence-corrected chi connectivity index (χ0v) is 33.7. The van der Waals surface area contributed by atoms with Gasteiger partial charge >= 0.3 is 11.9 Å². The van der Waals surface area contributed by atoms with Gasteiger partial charge in [0.25, 0.3) is 0 Å². The van der Waals surface area contributed by atoms with Crippen LogP contribution in [0.2, 0.25) is 0 Å². The van der Waals surface area contributed by atoms with Gasteiger partial charge < -0.3 is 31.7 Å². The first-order valence-corrected chi connectivity index (χ1v) is 19.9. The zero-order chi connectivity index (χ0) is 34.7. The maximum absolute atomic E-state index is 11.9. The van der Waals surface area contributed by atoms with Gasteiger partial charge in [0, 0.05) is 12.8 Å². The van der Waals surface area contributed by atoms with E-state index in [2.05, 4.69) is 60.8 Å². The van der Waals surface area contributed by atoms with E-state index in [1.807, 2.05) is 0 Å². The first-order chi connectivity index (χ1) is 22.2. The highest BCUT2D eigenvalue weighted by molar-refractivity contribution is 5.69. The number of halogens is 1. The Morgan fingerprint density at radius 3 is 1.29 bits per heavy atom. The molecule has 0 heterocycles. The molecule has 1 N–H and O–H groups in total. The van der Waals surface area contributed by atoms with Crippen LogP contribution in [0.25, 0.3) is 0 Å². The Morgan fingerprint density at radius 1 is 0.542 bits per heavy atom. The molecular weight excluding hydrogens is 620 g/mol. The van der Waals surface area contributed by atoms with Crippen LogP contribution in [-0.2, 0) is 19.1 Å². The molecule has 2 atom stereocenters. The molecule has 0 aliphatic carbocycles. The molecule has 0 radical (unpaired) electrons. The summed E-state index contributed by atoms with van der Waals surface area (Å²) in [6.45, 7) is 12.5. The number of nitrogens with zero attached hydrogens (tertiary/aromatic N) is 1. The third-order valence-corrected chi connectivity index (χ3v) is 8.87. The predicted octanol–water partition coefficient (Wildman–Crippen LogP) is 7.08. The smallest absolute Gasteiger partial charge is 0.305 e. The first-order valence-electron chi connectivity index (χ1n) is 19.9. The van der Waals surface area contributed by atoms with Crippen molar-refractivity contribution in [1.82, 2.24) is 4.90 Å². The third kappa shape index (κ3) is 43.2. The zero-order valence-electron chi connectivity index (χ0n) is 32.9. The highest BCUT2D eigenvalue weighted by Gasteiger charge is 2.13. The van der Waals surface area contributed by atoms with Crippen molar-refractivity contribution in [3.05, 3.63) is 0 Å². The van der Waals surface area contributed by atoms with E-state index in [0.29, 0.717) is 37.9 Å². The highest BCUT2D eigenvalue weighted by atomic mass is 35.5. The van der Waals surface area contributed by atoms with Crippen LogP contribution >= 0.6 is 0 Å². The van der Waals surface area contributed by atoms with Gasteiger partial charge in [-0.1, -0.05) is 119 Å². The van der Waals surface area contributed by atoms with Gasteiger partial charge in [-0.2, -0.15) is 0 Å². The van der Waals surface area contributed by atoms with Gasteiger partial charge in [-0.15, -0.1) is 0 Å². The predicted molar refractivity (Wildman–Crippen MR) is 205 cm³/mol. The van der Waals surface area contributed by atoms with Crippen LogP contribution < -0.4 is 17.3 Å². The van der Waals surface area contributed by atoms with E-state index in [0.717, 1.165) is 38.6 Å². The van der Waals surface area contributed by atoms with Gasteiger partial charge in [0.15, 0.2) is 0 Å². The van der Waals surface area contributed by atoms with Crippen LogP contribution in [0, 0.1) is 11.8 Å². The molecule has 0 saturated heterocycles. The molecule has 0 spiro atoms. The summed E-state index contributed by atoms with van der Waals surface area (Å²) < 4.78 is 11.1. The van der Waals surface area contributed by atoms with Gasteiger partial charge in [0.1, 0.15) is 0 Å². The van der Waals surface area contributed by atoms with E-state index in [-0.39, 0.29) is 31.8 Å². The fourth-order valence-corrected chi connectivity index (χ4v) is 5.69. The fraction of sp³-hybridized carbons (Fsp3) is 0.951. The summed E-state index contributed by atoms with van der Waals surface area (Å²) >= 11 is 0. The van der Waals surface area contributed by atoms with Gasteiger partial charge in [-0.25, -0.2) is 0 Å². The second kappa shape index (κ2) is 42.3. The summed E-state index contributed by atoms with van der Waals surface area (Å²) in [5, 5.41) is 0. The Bertz CT molecular complexity index is 594. The summed E-state index contributed by atoms with van der Waals surface area (Å²) in [4.78, 5) is 27.4. The quantitative estimate of drug-likeness (QED) is 0.0599. The summed E-state index contributed by atoms with van der Waals surface area (Å²) in [6.07, 6.45) is 28.0. The Hall–Kier alpha value is -0.850.